The minimum atomic E-state index is -0.966. The Morgan fingerprint density at radius 1 is 0.923 bits per heavy atom. The Morgan fingerprint density at radius 2 is 1.58 bits per heavy atom. The van der Waals surface area contributed by atoms with E-state index in [-0.39, 0.29) is 5.57 Å². The van der Waals surface area contributed by atoms with Gasteiger partial charge in [0.05, 0.1) is 5.57 Å². The van der Waals surface area contributed by atoms with Gasteiger partial charge >= 0.3 is 5.97 Å². The summed E-state index contributed by atoms with van der Waals surface area (Å²) in [6, 6.07) is 24.8. The van der Waals surface area contributed by atoms with E-state index in [0.717, 1.165) is 16.7 Å². The molecule has 0 fully saturated rings. The van der Waals surface area contributed by atoms with Gasteiger partial charge < -0.3 is 9.84 Å². The maximum absolute atomic E-state index is 11.8. The number of hydrogen-bond donors (Lipinski definition) is 1. The molecule has 0 spiro atoms. The Labute approximate surface area is 153 Å². The van der Waals surface area contributed by atoms with Gasteiger partial charge in [0.15, 0.2) is 0 Å². The Morgan fingerprint density at radius 3 is 2.27 bits per heavy atom. The summed E-state index contributed by atoms with van der Waals surface area (Å²) in [6.45, 7) is 2.40. The highest BCUT2D eigenvalue weighted by atomic mass is 16.5. The summed E-state index contributed by atoms with van der Waals surface area (Å²) >= 11 is 0. The first kappa shape index (κ1) is 17.5. The summed E-state index contributed by atoms with van der Waals surface area (Å²) in [6.07, 6.45) is 1.66. The molecule has 1 N–H and O–H groups in total. The lowest BCUT2D eigenvalue weighted by atomic mass is 10.0. The first-order chi connectivity index (χ1) is 12.6. The van der Waals surface area contributed by atoms with Crippen LogP contribution in [0.25, 0.3) is 11.6 Å². The van der Waals surface area contributed by atoms with E-state index in [4.69, 9.17) is 4.74 Å². The van der Waals surface area contributed by atoms with E-state index in [1.54, 1.807) is 6.08 Å². The monoisotopic (exact) mass is 344 g/mol. The number of carbonyl (C=O) groups is 1. The van der Waals surface area contributed by atoms with Crippen molar-refractivity contribution in [2.45, 2.75) is 13.5 Å². The number of hydrogen-bond acceptors (Lipinski definition) is 2. The lowest BCUT2D eigenvalue weighted by molar-refractivity contribution is -0.130. The van der Waals surface area contributed by atoms with Gasteiger partial charge in [0.1, 0.15) is 12.4 Å². The summed E-state index contributed by atoms with van der Waals surface area (Å²) in [5, 5.41) is 9.65. The molecular formula is C23H20O3. The van der Waals surface area contributed by atoms with Crippen molar-refractivity contribution in [2.75, 3.05) is 0 Å². The van der Waals surface area contributed by atoms with Crippen LogP contribution >= 0.6 is 0 Å². The number of rotatable bonds is 6. The van der Waals surface area contributed by atoms with E-state index in [9.17, 15) is 9.90 Å². The van der Waals surface area contributed by atoms with Crippen molar-refractivity contribution in [3.63, 3.8) is 0 Å². The summed E-state index contributed by atoms with van der Waals surface area (Å²) in [5.41, 5.74) is 3.79. The predicted molar refractivity (Wildman–Crippen MR) is 104 cm³/mol. The third-order valence-corrected chi connectivity index (χ3v) is 4.05. The fourth-order valence-corrected chi connectivity index (χ4v) is 2.62. The molecule has 0 radical (unpaired) electrons. The molecule has 0 aliphatic carbocycles. The first-order valence-corrected chi connectivity index (χ1v) is 8.41. The van der Waals surface area contributed by atoms with Crippen molar-refractivity contribution < 1.29 is 14.6 Å². The van der Waals surface area contributed by atoms with Gasteiger partial charge in [-0.1, -0.05) is 78.4 Å². The molecule has 0 bridgehead atoms. The fourth-order valence-electron chi connectivity index (χ4n) is 2.62. The van der Waals surface area contributed by atoms with Gasteiger partial charge in [0.2, 0.25) is 0 Å². The van der Waals surface area contributed by atoms with Gasteiger partial charge in [-0.15, -0.1) is 0 Å². The van der Waals surface area contributed by atoms with Gasteiger partial charge in [0, 0.05) is 5.56 Å². The average Bonchev–Trinajstić information content (AvgIpc) is 2.67. The van der Waals surface area contributed by atoms with E-state index >= 15 is 0 Å². The van der Waals surface area contributed by atoms with Crippen LogP contribution in [-0.2, 0) is 11.4 Å². The Balaban J connectivity index is 1.90. The van der Waals surface area contributed by atoms with Crippen molar-refractivity contribution in [1.82, 2.24) is 0 Å². The molecule has 3 rings (SSSR count). The third-order valence-electron chi connectivity index (χ3n) is 4.05. The van der Waals surface area contributed by atoms with E-state index in [1.165, 1.54) is 0 Å². The highest BCUT2D eigenvalue weighted by Crippen LogP contribution is 2.26. The third kappa shape index (κ3) is 4.39. The molecule has 0 aliphatic rings. The summed E-state index contributed by atoms with van der Waals surface area (Å²) < 4.78 is 5.92. The van der Waals surface area contributed by atoms with Crippen molar-refractivity contribution in [3.05, 3.63) is 101 Å². The maximum Gasteiger partial charge on any atom is 0.336 e. The number of carboxylic acids is 1. The number of ether oxygens (including phenoxy) is 1. The molecule has 0 saturated heterocycles. The molecule has 0 heterocycles. The second kappa shape index (κ2) is 8.17. The topological polar surface area (TPSA) is 46.5 Å². The van der Waals surface area contributed by atoms with Gasteiger partial charge in [-0.2, -0.15) is 0 Å². The lowest BCUT2D eigenvalue weighted by Gasteiger charge is -2.10. The molecule has 3 aromatic carbocycles. The summed E-state index contributed by atoms with van der Waals surface area (Å²) in [4.78, 5) is 11.8. The molecule has 3 aromatic rings. The molecule has 130 valence electrons. The second-order valence-corrected chi connectivity index (χ2v) is 6.04. The van der Waals surface area contributed by atoms with Gasteiger partial charge in [-0.25, -0.2) is 4.79 Å². The molecule has 26 heavy (non-hydrogen) atoms. The maximum atomic E-state index is 11.8. The van der Waals surface area contributed by atoms with Crippen LogP contribution in [0.5, 0.6) is 5.75 Å². The van der Waals surface area contributed by atoms with Crippen LogP contribution in [0.2, 0.25) is 0 Å². The molecule has 3 nitrogen and oxygen atoms in total. The highest BCUT2D eigenvalue weighted by Gasteiger charge is 2.12. The molecule has 0 amide bonds. The van der Waals surface area contributed by atoms with Crippen molar-refractivity contribution in [2.24, 2.45) is 0 Å². The largest absolute Gasteiger partial charge is 0.488 e. The first-order valence-electron chi connectivity index (χ1n) is 8.41. The lowest BCUT2D eigenvalue weighted by Crippen LogP contribution is -2.01. The number of aryl methyl sites for hydroxylation is 1. The number of para-hydroxylation sites is 1. The van der Waals surface area contributed by atoms with Crippen LogP contribution in [0.1, 0.15) is 22.3 Å². The van der Waals surface area contributed by atoms with Crippen LogP contribution in [-0.4, -0.2) is 11.1 Å². The molecular weight excluding hydrogens is 324 g/mol. The van der Waals surface area contributed by atoms with Crippen LogP contribution in [0.4, 0.5) is 0 Å². The normalized spacial score (nSPS) is 11.2. The standard InChI is InChI=1S/C23H20O3/c1-17-11-13-19(14-12-17)21(23(24)25)15-20-9-5-6-10-22(20)26-16-18-7-3-2-4-8-18/h2-15H,16H2,1H3,(H,24,25)/b21-15-. The SMILES string of the molecule is Cc1ccc(/C(=C/c2ccccc2OCc2ccccc2)C(=O)O)cc1. The van der Waals surface area contributed by atoms with Crippen LogP contribution in [0.15, 0.2) is 78.9 Å². The average molecular weight is 344 g/mol. The number of aliphatic carboxylic acids is 1. The zero-order valence-electron chi connectivity index (χ0n) is 14.6. The Hall–Kier alpha value is -3.33. The van der Waals surface area contributed by atoms with Crippen LogP contribution in [0, 0.1) is 6.92 Å². The molecule has 0 unspecified atom stereocenters. The molecule has 0 aliphatic heterocycles. The van der Waals surface area contributed by atoms with E-state index in [1.807, 2.05) is 85.8 Å². The molecule has 0 atom stereocenters. The molecule has 0 aromatic heterocycles. The highest BCUT2D eigenvalue weighted by molar-refractivity contribution is 6.20. The van der Waals surface area contributed by atoms with Gasteiger partial charge in [-0.05, 0) is 30.2 Å². The fraction of sp³-hybridized carbons (Fsp3) is 0.0870. The zero-order valence-corrected chi connectivity index (χ0v) is 14.6. The smallest absolute Gasteiger partial charge is 0.336 e. The van der Waals surface area contributed by atoms with Crippen molar-refractivity contribution in [3.8, 4) is 5.75 Å². The minimum absolute atomic E-state index is 0.237. The van der Waals surface area contributed by atoms with Gasteiger partial charge in [-0.3, -0.25) is 0 Å². The molecule has 3 heteroatoms. The summed E-state index contributed by atoms with van der Waals surface area (Å²) in [5.74, 6) is -0.311. The quantitative estimate of drug-likeness (QED) is 0.494. The van der Waals surface area contributed by atoms with E-state index in [2.05, 4.69) is 0 Å². The molecule has 0 saturated carbocycles. The van der Waals surface area contributed by atoms with E-state index < -0.39 is 5.97 Å². The van der Waals surface area contributed by atoms with Crippen LogP contribution in [0.3, 0.4) is 0 Å². The van der Waals surface area contributed by atoms with Crippen molar-refractivity contribution in [1.29, 1.82) is 0 Å². The zero-order chi connectivity index (χ0) is 18.4. The van der Waals surface area contributed by atoms with Crippen molar-refractivity contribution >= 4 is 17.6 Å². The Bertz CT molecular complexity index is 910. The summed E-state index contributed by atoms with van der Waals surface area (Å²) in [7, 11) is 0. The minimum Gasteiger partial charge on any atom is -0.488 e. The van der Waals surface area contributed by atoms with E-state index in [0.29, 0.717) is 17.9 Å². The second-order valence-electron chi connectivity index (χ2n) is 6.04. The van der Waals surface area contributed by atoms with Gasteiger partial charge in [0.25, 0.3) is 0 Å². The number of carboxylic acid groups (broad SMARTS) is 1. The Kier molecular flexibility index (Phi) is 5.49. The van der Waals surface area contributed by atoms with Crippen LogP contribution < -0.4 is 4.74 Å². The predicted octanol–water partition coefficient (Wildman–Crippen LogP) is 5.20. The number of benzene rings is 3.